The Labute approximate surface area is 158 Å². The first-order chi connectivity index (χ1) is 12.2. The van der Waals surface area contributed by atoms with Crippen molar-refractivity contribution in [1.82, 2.24) is 4.90 Å². The van der Waals surface area contributed by atoms with E-state index in [1.807, 2.05) is 36.1 Å². The van der Waals surface area contributed by atoms with Gasteiger partial charge in [0.25, 0.3) is 0 Å². The van der Waals surface area contributed by atoms with E-state index in [0.717, 1.165) is 36.0 Å². The minimum atomic E-state index is 0.200. The Morgan fingerprint density at radius 3 is 2.76 bits per heavy atom. The molecule has 0 bridgehead atoms. The maximum absolute atomic E-state index is 12.7. The van der Waals surface area contributed by atoms with Crippen molar-refractivity contribution in [1.29, 1.82) is 0 Å². The van der Waals surface area contributed by atoms with Gasteiger partial charge in [0.15, 0.2) is 0 Å². The molecule has 132 valence electrons. The van der Waals surface area contributed by atoms with Gasteiger partial charge in [0.05, 0.1) is 12.6 Å². The largest absolute Gasteiger partial charge is 0.494 e. The first-order valence-corrected chi connectivity index (χ1v) is 9.73. The van der Waals surface area contributed by atoms with Crippen molar-refractivity contribution in [3.8, 4) is 5.75 Å². The summed E-state index contributed by atoms with van der Waals surface area (Å²) in [5.41, 5.74) is 2.40. The summed E-state index contributed by atoms with van der Waals surface area (Å²) in [5, 5.41) is 0. The van der Waals surface area contributed by atoms with Crippen molar-refractivity contribution >= 4 is 21.8 Å². The Morgan fingerprint density at radius 1 is 1.24 bits per heavy atom. The normalized spacial score (nSPS) is 16.9. The van der Waals surface area contributed by atoms with E-state index in [9.17, 15) is 4.79 Å². The molecule has 1 fully saturated rings. The van der Waals surface area contributed by atoms with Crippen molar-refractivity contribution in [3.63, 3.8) is 0 Å². The molecular formula is C21H24BrNO2. The van der Waals surface area contributed by atoms with Crippen LogP contribution in [0.1, 0.15) is 43.4 Å². The van der Waals surface area contributed by atoms with Crippen LogP contribution in [0.3, 0.4) is 0 Å². The summed E-state index contributed by atoms with van der Waals surface area (Å²) in [6.07, 6.45) is 3.45. The standard InChI is InChI=1S/C21H24BrNO2/c1-2-25-19-11-9-17(10-12-19)20-7-4-14-23(20)21(24)13-8-16-5-3-6-18(22)15-16/h3,5-6,9-12,15,20H,2,4,7-8,13-14H2,1H3. The molecule has 0 aliphatic carbocycles. The van der Waals surface area contributed by atoms with E-state index >= 15 is 0 Å². The highest BCUT2D eigenvalue weighted by Crippen LogP contribution is 2.33. The number of halogens is 1. The van der Waals surface area contributed by atoms with Gasteiger partial charge >= 0.3 is 0 Å². The van der Waals surface area contributed by atoms with E-state index in [2.05, 4.69) is 40.2 Å². The third-order valence-electron chi connectivity index (χ3n) is 4.67. The van der Waals surface area contributed by atoms with E-state index in [1.54, 1.807) is 0 Å². The average molecular weight is 402 g/mol. The molecule has 4 heteroatoms. The van der Waals surface area contributed by atoms with E-state index < -0.39 is 0 Å². The second-order valence-corrected chi connectivity index (χ2v) is 7.29. The average Bonchev–Trinajstić information content (AvgIpc) is 3.10. The molecule has 1 aliphatic heterocycles. The van der Waals surface area contributed by atoms with Crippen molar-refractivity contribution in [2.75, 3.05) is 13.2 Å². The monoisotopic (exact) mass is 401 g/mol. The van der Waals surface area contributed by atoms with Crippen LogP contribution in [0.25, 0.3) is 0 Å². The Balaban J connectivity index is 1.63. The van der Waals surface area contributed by atoms with Gasteiger partial charge in [0, 0.05) is 17.4 Å². The highest BCUT2D eigenvalue weighted by Gasteiger charge is 2.29. The molecule has 1 atom stereocenters. The number of rotatable bonds is 6. The van der Waals surface area contributed by atoms with Gasteiger partial charge in [-0.15, -0.1) is 0 Å². The first-order valence-electron chi connectivity index (χ1n) is 8.94. The second-order valence-electron chi connectivity index (χ2n) is 6.38. The smallest absolute Gasteiger partial charge is 0.223 e. The highest BCUT2D eigenvalue weighted by molar-refractivity contribution is 9.10. The molecule has 1 amide bonds. The van der Waals surface area contributed by atoms with Gasteiger partial charge in [-0.25, -0.2) is 0 Å². The Kier molecular flexibility index (Phi) is 6.14. The Bertz CT molecular complexity index is 714. The van der Waals surface area contributed by atoms with Crippen LogP contribution in [0.15, 0.2) is 53.0 Å². The zero-order chi connectivity index (χ0) is 17.6. The number of hydrogen-bond donors (Lipinski definition) is 0. The van der Waals surface area contributed by atoms with E-state index in [4.69, 9.17) is 4.74 Å². The molecule has 1 saturated heterocycles. The molecule has 3 rings (SSSR count). The minimum Gasteiger partial charge on any atom is -0.494 e. The lowest BCUT2D eigenvalue weighted by Gasteiger charge is -2.25. The van der Waals surface area contributed by atoms with Gasteiger partial charge in [-0.05, 0) is 61.6 Å². The van der Waals surface area contributed by atoms with Crippen molar-refractivity contribution in [2.24, 2.45) is 0 Å². The highest BCUT2D eigenvalue weighted by atomic mass is 79.9. The molecule has 0 radical (unpaired) electrons. The molecule has 0 spiro atoms. The van der Waals surface area contributed by atoms with Gasteiger partial charge in [-0.1, -0.05) is 40.2 Å². The maximum Gasteiger partial charge on any atom is 0.223 e. The third-order valence-corrected chi connectivity index (χ3v) is 5.16. The van der Waals surface area contributed by atoms with E-state index in [-0.39, 0.29) is 11.9 Å². The molecule has 2 aromatic carbocycles. The molecule has 3 nitrogen and oxygen atoms in total. The molecule has 0 aromatic heterocycles. The zero-order valence-electron chi connectivity index (χ0n) is 14.6. The van der Waals surface area contributed by atoms with Crippen LogP contribution in [0.2, 0.25) is 0 Å². The van der Waals surface area contributed by atoms with Crippen molar-refractivity contribution in [3.05, 3.63) is 64.1 Å². The lowest BCUT2D eigenvalue weighted by atomic mass is 10.0. The molecule has 0 N–H and O–H groups in total. The summed E-state index contributed by atoms with van der Waals surface area (Å²) in [6.45, 7) is 3.51. The SMILES string of the molecule is CCOc1ccc(C2CCCN2C(=O)CCc2cccc(Br)c2)cc1. The number of ether oxygens (including phenoxy) is 1. The maximum atomic E-state index is 12.7. The van der Waals surface area contributed by atoms with Crippen LogP contribution in [0, 0.1) is 0 Å². The van der Waals surface area contributed by atoms with E-state index in [0.29, 0.717) is 13.0 Å². The zero-order valence-corrected chi connectivity index (χ0v) is 16.2. The predicted octanol–water partition coefficient (Wildman–Crippen LogP) is 5.14. The van der Waals surface area contributed by atoms with Crippen LogP contribution in [0.5, 0.6) is 5.75 Å². The van der Waals surface area contributed by atoms with Crippen LogP contribution >= 0.6 is 15.9 Å². The quantitative estimate of drug-likeness (QED) is 0.669. The van der Waals surface area contributed by atoms with Crippen LogP contribution in [0.4, 0.5) is 0 Å². The Hall–Kier alpha value is -1.81. The molecule has 2 aromatic rings. The number of amides is 1. The fourth-order valence-corrected chi connectivity index (χ4v) is 3.90. The summed E-state index contributed by atoms with van der Waals surface area (Å²) in [7, 11) is 0. The van der Waals surface area contributed by atoms with Gasteiger partial charge in [-0.2, -0.15) is 0 Å². The van der Waals surface area contributed by atoms with E-state index in [1.165, 1.54) is 11.1 Å². The number of benzene rings is 2. The Morgan fingerprint density at radius 2 is 2.04 bits per heavy atom. The lowest BCUT2D eigenvalue weighted by molar-refractivity contribution is -0.132. The molecule has 0 saturated carbocycles. The number of carbonyl (C=O) groups excluding carboxylic acids is 1. The fourth-order valence-electron chi connectivity index (χ4n) is 3.45. The number of aryl methyl sites for hydroxylation is 1. The van der Waals surface area contributed by atoms with Crippen molar-refractivity contribution < 1.29 is 9.53 Å². The van der Waals surface area contributed by atoms with Crippen LogP contribution in [-0.2, 0) is 11.2 Å². The van der Waals surface area contributed by atoms with Gasteiger partial charge in [0.2, 0.25) is 5.91 Å². The van der Waals surface area contributed by atoms with Gasteiger partial charge in [-0.3, -0.25) is 4.79 Å². The number of nitrogens with zero attached hydrogens (tertiary/aromatic N) is 1. The third kappa shape index (κ3) is 4.63. The van der Waals surface area contributed by atoms with Gasteiger partial charge in [0.1, 0.15) is 5.75 Å². The first kappa shape index (κ1) is 18.0. The van der Waals surface area contributed by atoms with Crippen molar-refractivity contribution in [2.45, 2.75) is 38.6 Å². The molecule has 1 unspecified atom stereocenters. The topological polar surface area (TPSA) is 29.5 Å². The summed E-state index contributed by atoms with van der Waals surface area (Å²) in [5.74, 6) is 1.13. The molecule has 1 heterocycles. The number of likely N-dealkylation sites (tertiary alicyclic amines) is 1. The predicted molar refractivity (Wildman–Crippen MR) is 104 cm³/mol. The summed E-state index contributed by atoms with van der Waals surface area (Å²) < 4.78 is 6.57. The summed E-state index contributed by atoms with van der Waals surface area (Å²) in [6, 6.07) is 16.6. The summed E-state index contributed by atoms with van der Waals surface area (Å²) >= 11 is 3.49. The van der Waals surface area contributed by atoms with Gasteiger partial charge < -0.3 is 9.64 Å². The molecule has 1 aliphatic rings. The fraction of sp³-hybridized carbons (Fsp3) is 0.381. The number of carbonyl (C=O) groups is 1. The number of hydrogen-bond acceptors (Lipinski definition) is 2. The van der Waals surface area contributed by atoms with Crippen LogP contribution < -0.4 is 4.74 Å². The molecule has 25 heavy (non-hydrogen) atoms. The minimum absolute atomic E-state index is 0.200. The second kappa shape index (κ2) is 8.52. The lowest BCUT2D eigenvalue weighted by Crippen LogP contribution is -2.30. The molecular weight excluding hydrogens is 378 g/mol. The summed E-state index contributed by atoms with van der Waals surface area (Å²) in [4.78, 5) is 14.8. The van der Waals surface area contributed by atoms with Crippen LogP contribution in [-0.4, -0.2) is 24.0 Å².